The molecule has 3 nitrogen and oxygen atoms in total. The first kappa shape index (κ1) is 16.3. The largest absolute Gasteiger partial charge is 0.396 e. The van der Waals surface area contributed by atoms with Gasteiger partial charge in [0.1, 0.15) is 0 Å². The quantitative estimate of drug-likeness (QED) is 0.814. The Labute approximate surface area is 125 Å². The van der Waals surface area contributed by atoms with Crippen molar-refractivity contribution in [3.8, 4) is 0 Å². The average Bonchev–Trinajstić information content (AvgIpc) is 2.71. The minimum atomic E-state index is 0.387. The summed E-state index contributed by atoms with van der Waals surface area (Å²) in [6, 6.07) is 1.38. The zero-order chi connectivity index (χ0) is 14.4. The van der Waals surface area contributed by atoms with E-state index in [0.29, 0.717) is 30.5 Å². The zero-order valence-electron chi connectivity index (χ0n) is 13.5. The number of nitrogens with zero attached hydrogens (tertiary/aromatic N) is 1. The van der Waals surface area contributed by atoms with Gasteiger partial charge in [0.05, 0.1) is 0 Å². The van der Waals surface area contributed by atoms with Crippen molar-refractivity contribution in [2.24, 2.45) is 11.8 Å². The summed E-state index contributed by atoms with van der Waals surface area (Å²) in [5.41, 5.74) is 0. The van der Waals surface area contributed by atoms with E-state index in [-0.39, 0.29) is 0 Å². The fourth-order valence-corrected chi connectivity index (χ4v) is 3.95. The van der Waals surface area contributed by atoms with Crippen LogP contribution in [0.25, 0.3) is 0 Å². The fraction of sp³-hybridized carbons (Fsp3) is 1.00. The number of aliphatic hydroxyl groups is 1. The number of hydrogen-bond acceptors (Lipinski definition) is 3. The molecule has 2 aliphatic rings. The lowest BCUT2D eigenvalue weighted by Crippen LogP contribution is -2.38. The van der Waals surface area contributed by atoms with Crippen molar-refractivity contribution in [1.29, 1.82) is 0 Å². The van der Waals surface area contributed by atoms with Crippen LogP contribution < -0.4 is 5.32 Å². The molecular weight excluding hydrogens is 248 g/mol. The van der Waals surface area contributed by atoms with Crippen LogP contribution in [0.15, 0.2) is 0 Å². The highest BCUT2D eigenvalue weighted by Crippen LogP contribution is 2.29. The van der Waals surface area contributed by atoms with Crippen LogP contribution in [-0.2, 0) is 0 Å². The van der Waals surface area contributed by atoms with Crippen molar-refractivity contribution in [1.82, 2.24) is 10.2 Å². The molecule has 2 rings (SSSR count). The Hall–Kier alpha value is -0.120. The molecule has 3 heteroatoms. The van der Waals surface area contributed by atoms with Gasteiger partial charge in [0.25, 0.3) is 0 Å². The van der Waals surface area contributed by atoms with Gasteiger partial charge in [-0.3, -0.25) is 0 Å². The van der Waals surface area contributed by atoms with Crippen LogP contribution in [0, 0.1) is 11.8 Å². The summed E-state index contributed by atoms with van der Waals surface area (Å²) in [6.45, 7) is 8.63. The number of hydrogen-bond donors (Lipinski definition) is 2. The third-order valence-corrected chi connectivity index (χ3v) is 5.46. The number of aliphatic hydroxyl groups excluding tert-OH is 1. The molecule has 0 amide bonds. The number of likely N-dealkylation sites (tertiary alicyclic amines) is 1. The molecule has 0 aromatic carbocycles. The molecule has 0 aromatic heterocycles. The zero-order valence-corrected chi connectivity index (χ0v) is 13.5. The van der Waals surface area contributed by atoms with Crippen LogP contribution in [0.5, 0.6) is 0 Å². The maximum Gasteiger partial charge on any atom is 0.0462 e. The van der Waals surface area contributed by atoms with Gasteiger partial charge in [0.15, 0.2) is 0 Å². The number of nitrogens with one attached hydrogen (secondary N) is 1. The van der Waals surface area contributed by atoms with E-state index < -0.39 is 0 Å². The van der Waals surface area contributed by atoms with Gasteiger partial charge in [-0.15, -0.1) is 0 Å². The van der Waals surface area contributed by atoms with Gasteiger partial charge in [-0.2, -0.15) is 0 Å². The Kier molecular flexibility index (Phi) is 6.79. The van der Waals surface area contributed by atoms with Crippen LogP contribution in [0.3, 0.4) is 0 Å². The molecule has 2 fully saturated rings. The van der Waals surface area contributed by atoms with E-state index in [4.69, 9.17) is 0 Å². The highest BCUT2D eigenvalue weighted by atomic mass is 16.3. The second kappa shape index (κ2) is 8.35. The van der Waals surface area contributed by atoms with Crippen LogP contribution >= 0.6 is 0 Å². The van der Waals surface area contributed by atoms with Crippen LogP contribution in [0.1, 0.15) is 58.8 Å². The van der Waals surface area contributed by atoms with Gasteiger partial charge in [0.2, 0.25) is 0 Å². The lowest BCUT2D eigenvalue weighted by Gasteiger charge is -2.32. The summed E-state index contributed by atoms with van der Waals surface area (Å²) in [4.78, 5) is 2.61. The van der Waals surface area contributed by atoms with E-state index in [9.17, 15) is 5.11 Å². The lowest BCUT2D eigenvalue weighted by molar-refractivity contribution is 0.130. The topological polar surface area (TPSA) is 35.5 Å². The van der Waals surface area contributed by atoms with Crippen molar-refractivity contribution in [2.75, 3.05) is 26.2 Å². The van der Waals surface area contributed by atoms with Gasteiger partial charge in [-0.1, -0.05) is 12.8 Å². The second-order valence-corrected chi connectivity index (χ2v) is 7.15. The molecule has 1 aliphatic heterocycles. The minimum absolute atomic E-state index is 0.387. The van der Waals surface area contributed by atoms with Gasteiger partial charge in [-0.05, 0) is 77.4 Å². The predicted octanol–water partition coefficient (Wildman–Crippen LogP) is 2.64. The molecular formula is C17H34N2O. The summed E-state index contributed by atoms with van der Waals surface area (Å²) >= 11 is 0. The summed E-state index contributed by atoms with van der Waals surface area (Å²) in [5, 5.41) is 13.3. The molecule has 1 aliphatic carbocycles. The van der Waals surface area contributed by atoms with Crippen molar-refractivity contribution >= 4 is 0 Å². The molecule has 20 heavy (non-hydrogen) atoms. The van der Waals surface area contributed by atoms with Crippen molar-refractivity contribution in [2.45, 2.75) is 70.9 Å². The monoisotopic (exact) mass is 282 g/mol. The smallest absolute Gasteiger partial charge is 0.0462 e. The summed E-state index contributed by atoms with van der Waals surface area (Å²) in [6.07, 6.45) is 9.14. The first-order chi connectivity index (χ1) is 9.70. The van der Waals surface area contributed by atoms with E-state index in [0.717, 1.165) is 6.54 Å². The second-order valence-electron chi connectivity index (χ2n) is 7.15. The Morgan fingerprint density at radius 2 is 1.75 bits per heavy atom. The van der Waals surface area contributed by atoms with E-state index >= 15 is 0 Å². The normalized spacial score (nSPS) is 33.3. The average molecular weight is 282 g/mol. The molecule has 0 bridgehead atoms. The molecule has 1 saturated heterocycles. The standard InChI is InChI=1S/C17H34N2O/c1-14(2)19-10-5-8-17(9-11-19)18-12-15-6-3-4-7-16(15)13-20/h14-18,20H,3-13H2,1-2H3. The van der Waals surface area contributed by atoms with Gasteiger partial charge in [0, 0.05) is 18.7 Å². The van der Waals surface area contributed by atoms with E-state index in [2.05, 4.69) is 24.1 Å². The van der Waals surface area contributed by atoms with Crippen LogP contribution in [0.2, 0.25) is 0 Å². The summed E-state index contributed by atoms with van der Waals surface area (Å²) in [5.74, 6) is 1.26. The fourth-order valence-electron chi connectivity index (χ4n) is 3.95. The molecule has 0 aromatic rings. The third kappa shape index (κ3) is 4.71. The first-order valence-corrected chi connectivity index (χ1v) is 8.79. The Bertz CT molecular complexity index is 270. The van der Waals surface area contributed by atoms with Crippen molar-refractivity contribution in [3.05, 3.63) is 0 Å². The molecule has 3 atom stereocenters. The lowest BCUT2D eigenvalue weighted by atomic mass is 9.79. The van der Waals surface area contributed by atoms with Gasteiger partial charge in [-0.25, -0.2) is 0 Å². The van der Waals surface area contributed by atoms with E-state index in [1.165, 1.54) is 58.0 Å². The molecule has 0 spiro atoms. The van der Waals surface area contributed by atoms with Gasteiger partial charge >= 0.3 is 0 Å². The molecule has 0 radical (unpaired) electrons. The molecule has 2 N–H and O–H groups in total. The highest BCUT2D eigenvalue weighted by molar-refractivity contribution is 4.81. The van der Waals surface area contributed by atoms with Crippen LogP contribution in [-0.4, -0.2) is 48.3 Å². The third-order valence-electron chi connectivity index (χ3n) is 5.46. The predicted molar refractivity (Wildman–Crippen MR) is 84.9 cm³/mol. The van der Waals surface area contributed by atoms with E-state index in [1.807, 2.05) is 0 Å². The maximum absolute atomic E-state index is 9.50. The maximum atomic E-state index is 9.50. The molecule has 118 valence electrons. The number of rotatable bonds is 5. The van der Waals surface area contributed by atoms with Crippen molar-refractivity contribution < 1.29 is 5.11 Å². The minimum Gasteiger partial charge on any atom is -0.396 e. The van der Waals surface area contributed by atoms with Gasteiger partial charge < -0.3 is 15.3 Å². The summed E-state index contributed by atoms with van der Waals surface area (Å²) < 4.78 is 0. The van der Waals surface area contributed by atoms with Crippen molar-refractivity contribution in [3.63, 3.8) is 0 Å². The SMILES string of the molecule is CC(C)N1CCCC(NCC2CCCCC2CO)CC1. The highest BCUT2D eigenvalue weighted by Gasteiger charge is 2.25. The molecule has 1 saturated carbocycles. The Morgan fingerprint density at radius 3 is 2.45 bits per heavy atom. The molecule has 3 unspecified atom stereocenters. The summed E-state index contributed by atoms with van der Waals surface area (Å²) in [7, 11) is 0. The Morgan fingerprint density at radius 1 is 1.00 bits per heavy atom. The van der Waals surface area contributed by atoms with E-state index in [1.54, 1.807) is 0 Å². The van der Waals surface area contributed by atoms with Crippen LogP contribution in [0.4, 0.5) is 0 Å². The Balaban J connectivity index is 1.73. The first-order valence-electron chi connectivity index (χ1n) is 8.79. The molecule has 1 heterocycles.